The average Bonchev–Trinajstić information content (AvgIpc) is 3.61. The van der Waals surface area contributed by atoms with Crippen LogP contribution in [0, 0.1) is 5.41 Å². The van der Waals surface area contributed by atoms with Gasteiger partial charge >= 0.3 is 0 Å². The Bertz CT molecular complexity index is 1340. The molecule has 0 aromatic heterocycles. The quantitative estimate of drug-likeness (QED) is 0.270. The lowest BCUT2D eigenvalue weighted by molar-refractivity contribution is 0.129. The zero-order chi connectivity index (χ0) is 25.4. The summed E-state index contributed by atoms with van der Waals surface area (Å²) in [5.41, 5.74) is 4.16. The van der Waals surface area contributed by atoms with Gasteiger partial charge in [0.2, 0.25) is 11.8 Å². The minimum absolute atomic E-state index is 0.108. The Morgan fingerprint density at radius 3 is 1.13 bits per heavy atom. The number of aliphatic imine (C=N–C) groups is 2. The normalized spacial score (nSPS) is 25.5. The highest BCUT2D eigenvalue weighted by Crippen LogP contribution is 2.54. The second-order valence-electron chi connectivity index (χ2n) is 10.4. The minimum atomic E-state index is -0.423. The molecule has 0 spiro atoms. The van der Waals surface area contributed by atoms with Crippen molar-refractivity contribution in [3.8, 4) is 0 Å². The summed E-state index contributed by atoms with van der Waals surface area (Å²) >= 11 is 0. The molecule has 4 atom stereocenters. The predicted octanol–water partition coefficient (Wildman–Crippen LogP) is 7.98. The second-order valence-corrected chi connectivity index (χ2v) is 10.4. The molecular formula is C34H30N2O2. The van der Waals surface area contributed by atoms with Crippen molar-refractivity contribution in [3.63, 3.8) is 0 Å². The van der Waals surface area contributed by atoms with Crippen LogP contribution in [0.3, 0.4) is 0 Å². The van der Waals surface area contributed by atoms with Gasteiger partial charge in [-0.15, -0.1) is 0 Å². The second kappa shape index (κ2) is 9.60. The van der Waals surface area contributed by atoms with Crippen LogP contribution >= 0.6 is 0 Å². The Morgan fingerprint density at radius 1 is 0.474 bits per heavy atom. The lowest BCUT2D eigenvalue weighted by Gasteiger charge is -2.40. The molecule has 1 fully saturated rings. The van der Waals surface area contributed by atoms with Crippen LogP contribution in [0.2, 0.25) is 0 Å². The van der Waals surface area contributed by atoms with E-state index in [0.29, 0.717) is 0 Å². The number of ether oxygens (including phenoxy) is 2. The molecule has 0 amide bonds. The summed E-state index contributed by atoms with van der Waals surface area (Å²) in [5.74, 6) is 1.54. The van der Waals surface area contributed by atoms with Crippen LogP contribution in [0.1, 0.15) is 65.8 Å². The van der Waals surface area contributed by atoms with Gasteiger partial charge in [-0.1, -0.05) is 128 Å². The molecule has 2 aliphatic heterocycles. The molecule has 4 nitrogen and oxygen atoms in total. The summed E-state index contributed by atoms with van der Waals surface area (Å²) in [6, 6.07) is 41.6. The van der Waals surface area contributed by atoms with Crippen LogP contribution in [-0.4, -0.2) is 11.8 Å². The van der Waals surface area contributed by atoms with Gasteiger partial charge in [0, 0.05) is 0 Å². The van der Waals surface area contributed by atoms with E-state index in [9.17, 15) is 0 Å². The first-order chi connectivity index (χ1) is 18.8. The van der Waals surface area contributed by atoms with Crippen LogP contribution in [-0.2, 0) is 9.47 Å². The van der Waals surface area contributed by atoms with Gasteiger partial charge in [0.15, 0.2) is 12.2 Å². The van der Waals surface area contributed by atoms with Crippen molar-refractivity contribution >= 4 is 11.8 Å². The molecule has 188 valence electrons. The van der Waals surface area contributed by atoms with Crippen molar-refractivity contribution in [2.24, 2.45) is 15.4 Å². The summed E-state index contributed by atoms with van der Waals surface area (Å²) in [7, 11) is 0. The third-order valence-electron chi connectivity index (χ3n) is 8.13. The van der Waals surface area contributed by atoms with Crippen LogP contribution in [0.25, 0.3) is 0 Å². The van der Waals surface area contributed by atoms with Crippen LogP contribution in [0.4, 0.5) is 0 Å². The fraction of sp³-hybridized carbons (Fsp3) is 0.235. The van der Waals surface area contributed by atoms with E-state index in [4.69, 9.17) is 19.5 Å². The maximum atomic E-state index is 6.81. The van der Waals surface area contributed by atoms with Crippen molar-refractivity contribution in [1.29, 1.82) is 0 Å². The lowest BCUT2D eigenvalue weighted by atomic mass is 9.68. The van der Waals surface area contributed by atoms with Gasteiger partial charge in [-0.3, -0.25) is 0 Å². The number of hydrogen-bond donors (Lipinski definition) is 0. The van der Waals surface area contributed by atoms with Crippen molar-refractivity contribution in [2.45, 2.75) is 43.6 Å². The third-order valence-corrected chi connectivity index (χ3v) is 8.13. The minimum Gasteiger partial charge on any atom is -0.469 e. The largest absolute Gasteiger partial charge is 0.469 e. The molecule has 4 aromatic carbocycles. The van der Waals surface area contributed by atoms with Crippen molar-refractivity contribution < 1.29 is 9.47 Å². The number of hydrogen-bond acceptors (Lipinski definition) is 4. The fourth-order valence-corrected chi connectivity index (χ4v) is 5.93. The monoisotopic (exact) mass is 498 g/mol. The van der Waals surface area contributed by atoms with Crippen LogP contribution in [0.15, 0.2) is 131 Å². The third kappa shape index (κ3) is 3.92. The van der Waals surface area contributed by atoms with Gasteiger partial charge in [-0.2, -0.15) is 0 Å². The Morgan fingerprint density at radius 2 is 0.816 bits per heavy atom. The van der Waals surface area contributed by atoms with E-state index in [2.05, 4.69) is 97.1 Å². The molecule has 0 unspecified atom stereocenters. The zero-order valence-electron chi connectivity index (χ0n) is 21.2. The summed E-state index contributed by atoms with van der Waals surface area (Å²) in [6.45, 7) is 0. The van der Waals surface area contributed by atoms with Crippen molar-refractivity contribution in [1.82, 2.24) is 0 Å². The molecule has 3 aliphatic rings. The summed E-state index contributed by atoms with van der Waals surface area (Å²) < 4.78 is 13.6. The Hall–Kier alpha value is -4.18. The van der Waals surface area contributed by atoms with Crippen molar-refractivity contribution in [3.05, 3.63) is 144 Å². The van der Waals surface area contributed by atoms with E-state index in [1.54, 1.807) is 0 Å². The maximum Gasteiger partial charge on any atom is 0.200 e. The molecular weight excluding hydrogens is 468 g/mol. The first-order valence-corrected chi connectivity index (χ1v) is 13.5. The maximum absolute atomic E-state index is 6.81. The zero-order valence-corrected chi connectivity index (χ0v) is 21.2. The summed E-state index contributed by atoms with van der Waals surface area (Å²) in [6.07, 6.45) is 2.60. The van der Waals surface area contributed by atoms with Gasteiger partial charge in [0.25, 0.3) is 0 Å². The molecule has 1 aliphatic carbocycles. The molecule has 0 radical (unpaired) electrons. The smallest absolute Gasteiger partial charge is 0.200 e. The highest BCUT2D eigenvalue weighted by molar-refractivity contribution is 6.07. The first-order valence-electron chi connectivity index (χ1n) is 13.5. The van der Waals surface area contributed by atoms with Gasteiger partial charge in [0.05, 0.1) is 0 Å². The van der Waals surface area contributed by atoms with Gasteiger partial charge in [-0.05, 0) is 35.1 Å². The van der Waals surface area contributed by atoms with Crippen LogP contribution < -0.4 is 0 Å². The van der Waals surface area contributed by atoms with Gasteiger partial charge in [0.1, 0.15) is 17.5 Å². The highest BCUT2D eigenvalue weighted by Gasteiger charge is 2.56. The molecule has 4 aromatic rings. The van der Waals surface area contributed by atoms with Crippen LogP contribution in [0.5, 0.6) is 0 Å². The molecule has 0 saturated heterocycles. The summed E-state index contributed by atoms with van der Waals surface area (Å²) in [5, 5.41) is 0. The molecule has 1 saturated carbocycles. The SMILES string of the molecule is c1ccc([C@H]2N=C(C3(C4=N[C@H](c5ccccc5)[C@H](c5ccccc5)O4)CCC3)O[C@H]2c2ccccc2)cc1. The van der Waals surface area contributed by atoms with E-state index in [0.717, 1.165) is 53.3 Å². The van der Waals surface area contributed by atoms with Gasteiger partial charge in [-0.25, -0.2) is 9.98 Å². The molecule has 0 N–H and O–H groups in total. The van der Waals surface area contributed by atoms with E-state index in [1.807, 2.05) is 24.3 Å². The predicted molar refractivity (Wildman–Crippen MR) is 150 cm³/mol. The first kappa shape index (κ1) is 23.0. The average molecular weight is 499 g/mol. The van der Waals surface area contributed by atoms with E-state index < -0.39 is 5.41 Å². The van der Waals surface area contributed by atoms with Crippen molar-refractivity contribution in [2.75, 3.05) is 0 Å². The molecule has 4 heteroatoms. The van der Waals surface area contributed by atoms with Gasteiger partial charge < -0.3 is 9.47 Å². The Balaban J connectivity index is 1.28. The molecule has 7 rings (SSSR count). The highest BCUT2D eigenvalue weighted by atomic mass is 16.5. The van der Waals surface area contributed by atoms with E-state index in [-0.39, 0.29) is 24.3 Å². The lowest BCUT2D eigenvalue weighted by Crippen LogP contribution is -2.46. The molecule has 0 bridgehead atoms. The standard InChI is InChI=1S/C34H30N2O2/c1-5-14-24(15-6-1)28-30(26-18-9-3-10-19-26)37-32(35-28)34(22-13-23-34)33-36-29(25-16-7-2-8-17-25)31(38-33)27-20-11-4-12-21-27/h1-12,14-21,28-31H,13,22-23H2/t28-,29-,30+,31+/m1/s1. The number of rotatable bonds is 6. The Kier molecular flexibility index (Phi) is 5.81. The number of benzene rings is 4. The molecule has 38 heavy (non-hydrogen) atoms. The fourth-order valence-electron chi connectivity index (χ4n) is 5.93. The van der Waals surface area contributed by atoms with E-state index >= 15 is 0 Å². The Labute approximate surface area is 223 Å². The molecule has 2 heterocycles. The topological polar surface area (TPSA) is 43.2 Å². The van der Waals surface area contributed by atoms with E-state index in [1.165, 1.54) is 0 Å². The number of nitrogens with zero attached hydrogens (tertiary/aromatic N) is 2. The summed E-state index contributed by atoms with van der Waals surface area (Å²) in [4.78, 5) is 10.6.